The molecule has 7 heteroatoms. The number of benzene rings is 1. The van der Waals surface area contributed by atoms with Crippen LogP contribution in [0.5, 0.6) is 0 Å². The van der Waals surface area contributed by atoms with E-state index in [1.54, 1.807) is 6.07 Å². The third kappa shape index (κ3) is 2.78. The fourth-order valence-corrected chi connectivity index (χ4v) is 1.81. The summed E-state index contributed by atoms with van der Waals surface area (Å²) >= 11 is 0. The van der Waals surface area contributed by atoms with Crippen LogP contribution in [0.1, 0.15) is 0 Å². The molecule has 1 aromatic carbocycles. The zero-order valence-electron chi connectivity index (χ0n) is 9.85. The third-order valence-corrected chi connectivity index (χ3v) is 2.64. The van der Waals surface area contributed by atoms with Crippen molar-refractivity contribution in [2.45, 2.75) is 0 Å². The largest absolute Gasteiger partial charge is 0.307 e. The molecule has 0 spiro atoms. The molecular formula is C12H13Cl2N5. The Morgan fingerprint density at radius 2 is 1.74 bits per heavy atom. The number of para-hydroxylation sites is 1. The number of hydrazine groups is 1. The second kappa shape index (κ2) is 6.38. The lowest BCUT2D eigenvalue weighted by Gasteiger charge is -2.04. The monoisotopic (exact) mass is 297 g/mol. The molecule has 3 aromatic rings. The number of hydrogen-bond acceptors (Lipinski definition) is 4. The lowest BCUT2D eigenvalue weighted by molar-refractivity contribution is 0.935. The van der Waals surface area contributed by atoms with Gasteiger partial charge in [0, 0.05) is 6.20 Å². The smallest absolute Gasteiger partial charge is 0.162 e. The lowest BCUT2D eigenvalue weighted by atomic mass is 10.2. The lowest BCUT2D eigenvalue weighted by Crippen LogP contribution is -2.09. The van der Waals surface area contributed by atoms with Crippen LogP contribution in [-0.2, 0) is 0 Å². The van der Waals surface area contributed by atoms with Gasteiger partial charge in [-0.2, -0.15) is 0 Å². The Morgan fingerprint density at radius 1 is 0.947 bits per heavy atom. The highest BCUT2D eigenvalue weighted by Gasteiger charge is 2.03. The topological polar surface area (TPSA) is 68.8 Å². The number of fused-ring (bicyclic) bond motifs is 1. The summed E-state index contributed by atoms with van der Waals surface area (Å²) in [5.41, 5.74) is 3.56. The number of halogens is 2. The molecule has 3 rings (SSSR count). The number of anilines is 1. The van der Waals surface area contributed by atoms with Gasteiger partial charge in [0.1, 0.15) is 0 Å². The van der Waals surface area contributed by atoms with Gasteiger partial charge in [-0.15, -0.1) is 35.0 Å². The third-order valence-electron chi connectivity index (χ3n) is 2.64. The molecule has 5 nitrogen and oxygen atoms in total. The Labute approximate surface area is 122 Å². The van der Waals surface area contributed by atoms with Crippen LogP contribution in [0, 0.1) is 0 Å². The first-order valence-corrected chi connectivity index (χ1v) is 5.25. The molecule has 0 aliphatic carbocycles. The minimum absolute atomic E-state index is 0. The Balaban J connectivity index is 0.000000902. The summed E-state index contributed by atoms with van der Waals surface area (Å²) in [6.07, 6.45) is 1.98. The first-order chi connectivity index (χ1) is 8.38. The van der Waals surface area contributed by atoms with Crippen molar-refractivity contribution in [1.29, 1.82) is 0 Å². The highest BCUT2D eigenvalue weighted by Crippen LogP contribution is 2.18. The summed E-state index contributed by atoms with van der Waals surface area (Å²) in [6, 6.07) is 13.8. The highest BCUT2D eigenvalue weighted by atomic mass is 35.5. The number of nitrogen functional groups attached to an aromatic ring is 1. The van der Waals surface area contributed by atoms with E-state index < -0.39 is 0 Å². The predicted octanol–water partition coefficient (Wildman–Crippen LogP) is 2.55. The molecule has 2 aromatic heterocycles. The maximum atomic E-state index is 5.25. The van der Waals surface area contributed by atoms with Gasteiger partial charge in [-0.1, -0.05) is 18.2 Å². The molecule has 0 fully saturated rings. The number of aromatic nitrogens is 3. The van der Waals surface area contributed by atoms with E-state index in [4.69, 9.17) is 5.84 Å². The summed E-state index contributed by atoms with van der Waals surface area (Å²) in [6.45, 7) is 0. The van der Waals surface area contributed by atoms with Crippen LogP contribution in [0.25, 0.3) is 16.7 Å². The van der Waals surface area contributed by atoms with Crippen LogP contribution < -0.4 is 11.3 Å². The van der Waals surface area contributed by atoms with Crippen LogP contribution in [0.3, 0.4) is 0 Å². The van der Waals surface area contributed by atoms with Gasteiger partial charge in [0.2, 0.25) is 0 Å². The van der Waals surface area contributed by atoms with Gasteiger partial charge in [0.05, 0.1) is 5.52 Å². The van der Waals surface area contributed by atoms with Gasteiger partial charge in [-0.3, -0.25) is 4.57 Å². The zero-order valence-corrected chi connectivity index (χ0v) is 11.5. The van der Waals surface area contributed by atoms with E-state index in [2.05, 4.69) is 21.7 Å². The standard InChI is InChI=1S/C12H11N5.2ClH/c13-14-11-5-6-12(16-15-11)17-8-7-9-3-1-2-4-10(9)17;;/h1-8H,13H2,(H,14,15);2*1H. The summed E-state index contributed by atoms with van der Waals surface area (Å²) in [5.74, 6) is 6.57. The minimum atomic E-state index is 0. The molecule has 0 bridgehead atoms. The van der Waals surface area contributed by atoms with E-state index in [1.165, 1.54) is 5.39 Å². The predicted molar refractivity (Wildman–Crippen MR) is 81.2 cm³/mol. The Morgan fingerprint density at radius 3 is 2.42 bits per heavy atom. The average molecular weight is 298 g/mol. The Bertz CT molecular complexity index is 651. The van der Waals surface area contributed by atoms with Crippen molar-refractivity contribution in [2.24, 2.45) is 5.84 Å². The van der Waals surface area contributed by atoms with Crippen molar-refractivity contribution < 1.29 is 0 Å². The average Bonchev–Trinajstić information content (AvgIpc) is 2.83. The van der Waals surface area contributed by atoms with E-state index in [1.807, 2.05) is 41.1 Å². The molecule has 0 radical (unpaired) electrons. The second-order valence-corrected chi connectivity index (χ2v) is 3.67. The van der Waals surface area contributed by atoms with E-state index in [0.29, 0.717) is 5.82 Å². The van der Waals surface area contributed by atoms with Gasteiger partial charge < -0.3 is 5.43 Å². The number of rotatable bonds is 2. The van der Waals surface area contributed by atoms with E-state index in [9.17, 15) is 0 Å². The van der Waals surface area contributed by atoms with Gasteiger partial charge in [0.25, 0.3) is 0 Å². The molecule has 0 unspecified atom stereocenters. The van der Waals surface area contributed by atoms with Crippen LogP contribution in [0.2, 0.25) is 0 Å². The summed E-state index contributed by atoms with van der Waals surface area (Å²) in [7, 11) is 0. The summed E-state index contributed by atoms with van der Waals surface area (Å²) in [4.78, 5) is 0. The van der Waals surface area contributed by atoms with Crippen molar-refractivity contribution in [3.05, 3.63) is 48.7 Å². The first-order valence-electron chi connectivity index (χ1n) is 5.25. The van der Waals surface area contributed by atoms with Crippen molar-refractivity contribution >= 4 is 41.5 Å². The van der Waals surface area contributed by atoms with Crippen molar-refractivity contribution in [3.63, 3.8) is 0 Å². The number of hydrogen-bond donors (Lipinski definition) is 2. The minimum Gasteiger partial charge on any atom is -0.307 e. The molecule has 2 heterocycles. The second-order valence-electron chi connectivity index (χ2n) is 3.67. The molecular weight excluding hydrogens is 285 g/mol. The maximum absolute atomic E-state index is 5.25. The van der Waals surface area contributed by atoms with Gasteiger partial charge >= 0.3 is 0 Å². The first kappa shape index (κ1) is 15.2. The molecule has 0 amide bonds. The van der Waals surface area contributed by atoms with Crippen LogP contribution in [0.4, 0.5) is 5.82 Å². The van der Waals surface area contributed by atoms with Gasteiger partial charge in [0.15, 0.2) is 11.6 Å². The fraction of sp³-hybridized carbons (Fsp3) is 0. The highest BCUT2D eigenvalue weighted by molar-refractivity contribution is 5.85. The van der Waals surface area contributed by atoms with Crippen molar-refractivity contribution in [2.75, 3.05) is 5.43 Å². The van der Waals surface area contributed by atoms with E-state index in [-0.39, 0.29) is 24.8 Å². The number of nitrogens with one attached hydrogen (secondary N) is 1. The van der Waals surface area contributed by atoms with Crippen molar-refractivity contribution in [1.82, 2.24) is 14.8 Å². The molecule has 0 aliphatic heterocycles. The fourth-order valence-electron chi connectivity index (χ4n) is 1.81. The van der Waals surface area contributed by atoms with Crippen molar-refractivity contribution in [3.8, 4) is 5.82 Å². The SMILES string of the molecule is Cl.Cl.NNc1ccc(-n2ccc3ccccc32)nn1. The Hall–Kier alpha value is -1.82. The quantitative estimate of drug-likeness (QED) is 0.563. The van der Waals surface area contributed by atoms with E-state index >= 15 is 0 Å². The molecule has 19 heavy (non-hydrogen) atoms. The van der Waals surface area contributed by atoms with E-state index in [0.717, 1.165) is 11.3 Å². The van der Waals surface area contributed by atoms with Crippen LogP contribution >= 0.6 is 24.8 Å². The summed E-state index contributed by atoms with van der Waals surface area (Å²) < 4.78 is 1.99. The Kier molecular flexibility index (Phi) is 5.11. The van der Waals surface area contributed by atoms with Crippen LogP contribution in [-0.4, -0.2) is 14.8 Å². The van der Waals surface area contributed by atoms with Gasteiger partial charge in [-0.25, -0.2) is 5.84 Å². The number of nitrogens with zero attached hydrogens (tertiary/aromatic N) is 3. The molecule has 3 N–H and O–H groups in total. The van der Waals surface area contributed by atoms with Gasteiger partial charge in [-0.05, 0) is 29.7 Å². The molecule has 0 saturated carbocycles. The number of nitrogens with two attached hydrogens (primary N) is 1. The maximum Gasteiger partial charge on any atom is 0.162 e. The molecule has 0 atom stereocenters. The molecule has 0 saturated heterocycles. The van der Waals surface area contributed by atoms with Crippen LogP contribution in [0.15, 0.2) is 48.7 Å². The molecule has 100 valence electrons. The summed E-state index contributed by atoms with van der Waals surface area (Å²) in [5, 5.41) is 9.24. The molecule has 0 aliphatic rings. The zero-order chi connectivity index (χ0) is 11.7. The normalized spacial score (nSPS) is 9.53.